The van der Waals surface area contributed by atoms with Crippen molar-refractivity contribution in [1.82, 2.24) is 0 Å². The van der Waals surface area contributed by atoms with Crippen LogP contribution in [0.4, 0.5) is 0 Å². The molecule has 0 saturated carbocycles. The zero-order valence-corrected chi connectivity index (χ0v) is 12.6. The molecular weight excluding hydrogens is 327 g/mol. The second-order valence-electron chi connectivity index (χ2n) is 3.61. The number of carboxylic acids is 1. The average molecular weight is 335 g/mol. The summed E-state index contributed by atoms with van der Waals surface area (Å²) in [4.78, 5) is 12.1. The number of hydrogen-bond donors (Lipinski definition) is 1. The molecule has 0 spiro atoms. The quantitative estimate of drug-likeness (QED) is 0.917. The fraction of sp³-hybridized carbons (Fsp3) is 0.0833. The molecule has 1 atom stereocenters. The molecule has 1 unspecified atom stereocenters. The maximum atomic E-state index is 12.2. The summed E-state index contributed by atoms with van der Waals surface area (Å²) < 4.78 is 12.2. The van der Waals surface area contributed by atoms with E-state index >= 15 is 0 Å². The highest BCUT2D eigenvalue weighted by atomic mass is 35.5. The second-order valence-corrected chi connectivity index (χ2v) is 6.98. The number of halogens is 2. The van der Waals surface area contributed by atoms with Crippen molar-refractivity contribution in [3.8, 4) is 0 Å². The Morgan fingerprint density at radius 2 is 1.84 bits per heavy atom. The van der Waals surface area contributed by atoms with Gasteiger partial charge in [0, 0.05) is 4.88 Å². The first-order chi connectivity index (χ1) is 8.99. The summed E-state index contributed by atoms with van der Waals surface area (Å²) >= 11 is 13.1. The minimum atomic E-state index is -1.40. The van der Waals surface area contributed by atoms with Crippen molar-refractivity contribution in [1.29, 1.82) is 0 Å². The number of rotatable bonds is 4. The van der Waals surface area contributed by atoms with Gasteiger partial charge in [-0.2, -0.15) is 0 Å². The van der Waals surface area contributed by atoms with Gasteiger partial charge in [-0.25, -0.2) is 4.79 Å². The van der Waals surface area contributed by atoms with E-state index in [1.165, 1.54) is 6.07 Å². The molecule has 3 nitrogen and oxygen atoms in total. The van der Waals surface area contributed by atoms with Gasteiger partial charge in [-0.05, 0) is 24.3 Å². The monoisotopic (exact) mass is 334 g/mol. The first-order valence-corrected chi connectivity index (χ1v) is 8.02. The van der Waals surface area contributed by atoms with E-state index in [0.717, 1.165) is 11.3 Å². The van der Waals surface area contributed by atoms with Gasteiger partial charge in [0.2, 0.25) is 0 Å². The van der Waals surface area contributed by atoms with Crippen LogP contribution in [0.2, 0.25) is 10.0 Å². The molecule has 2 rings (SSSR count). The van der Waals surface area contributed by atoms with Crippen molar-refractivity contribution in [3.05, 3.63) is 50.1 Å². The van der Waals surface area contributed by atoms with Crippen molar-refractivity contribution < 1.29 is 14.1 Å². The number of thiophene rings is 1. The molecule has 7 heteroatoms. The first kappa shape index (κ1) is 14.5. The molecule has 1 aromatic carbocycles. The predicted octanol–water partition coefficient (Wildman–Crippen LogP) is 4.06. The summed E-state index contributed by atoms with van der Waals surface area (Å²) in [6, 6.07) is 8.07. The van der Waals surface area contributed by atoms with E-state index in [4.69, 9.17) is 28.3 Å². The fourth-order valence-electron chi connectivity index (χ4n) is 1.47. The number of aromatic carboxylic acids is 1. The van der Waals surface area contributed by atoms with Crippen LogP contribution in [0.1, 0.15) is 14.5 Å². The number of carbonyl (C=O) groups is 1. The van der Waals surface area contributed by atoms with E-state index in [0.29, 0.717) is 19.8 Å². The summed E-state index contributed by atoms with van der Waals surface area (Å²) in [6.07, 6.45) is 0. The summed E-state index contributed by atoms with van der Waals surface area (Å²) in [5.41, 5.74) is 0. The average Bonchev–Trinajstić information content (AvgIpc) is 2.77. The van der Waals surface area contributed by atoms with Crippen LogP contribution in [-0.2, 0) is 16.6 Å². The van der Waals surface area contributed by atoms with Gasteiger partial charge in [0.1, 0.15) is 4.88 Å². The third-order valence-electron chi connectivity index (χ3n) is 2.29. The van der Waals surface area contributed by atoms with Gasteiger partial charge in [-0.1, -0.05) is 29.3 Å². The van der Waals surface area contributed by atoms with Crippen LogP contribution < -0.4 is 0 Å². The molecule has 1 aromatic heterocycles. The van der Waals surface area contributed by atoms with Gasteiger partial charge in [-0.15, -0.1) is 11.3 Å². The lowest BCUT2D eigenvalue weighted by molar-refractivity contribution is 0.0702. The molecule has 1 N–H and O–H groups in total. The summed E-state index contributed by atoms with van der Waals surface area (Å²) in [7, 11) is -1.40. The molecule has 0 amide bonds. The Bertz CT molecular complexity index is 632. The maximum Gasteiger partial charge on any atom is 0.345 e. The SMILES string of the molecule is O=C(O)c1ccc(CS(=O)c2c(Cl)cccc2Cl)s1. The summed E-state index contributed by atoms with van der Waals surface area (Å²) in [6.45, 7) is 0. The van der Waals surface area contributed by atoms with Gasteiger partial charge in [-0.3, -0.25) is 4.21 Å². The maximum absolute atomic E-state index is 12.2. The van der Waals surface area contributed by atoms with Crippen molar-refractivity contribution in [3.63, 3.8) is 0 Å². The van der Waals surface area contributed by atoms with Crippen LogP contribution in [-0.4, -0.2) is 15.3 Å². The van der Waals surface area contributed by atoms with Crippen LogP contribution in [0.3, 0.4) is 0 Å². The Hall–Kier alpha value is -0.880. The molecular formula is C12H8Cl2O3S2. The van der Waals surface area contributed by atoms with Crippen LogP contribution >= 0.6 is 34.5 Å². The molecule has 0 radical (unpaired) electrons. The molecule has 2 aromatic rings. The molecule has 0 aliphatic carbocycles. The first-order valence-electron chi connectivity index (χ1n) is 5.13. The van der Waals surface area contributed by atoms with Crippen molar-refractivity contribution in [2.45, 2.75) is 10.6 Å². The third-order valence-corrected chi connectivity index (χ3v) is 5.87. The van der Waals surface area contributed by atoms with E-state index < -0.39 is 16.8 Å². The van der Waals surface area contributed by atoms with Gasteiger partial charge in [0.05, 0.1) is 31.5 Å². The molecule has 0 bridgehead atoms. The second kappa shape index (κ2) is 6.05. The minimum Gasteiger partial charge on any atom is -0.477 e. The van der Waals surface area contributed by atoms with Crippen molar-refractivity contribution in [2.75, 3.05) is 0 Å². The van der Waals surface area contributed by atoms with Crippen LogP contribution in [0.15, 0.2) is 35.2 Å². The number of hydrogen-bond acceptors (Lipinski definition) is 3. The lowest BCUT2D eigenvalue weighted by Crippen LogP contribution is -1.97. The van der Waals surface area contributed by atoms with Crippen molar-refractivity contribution in [2.24, 2.45) is 0 Å². The Kier molecular flexibility index (Phi) is 4.62. The van der Waals surface area contributed by atoms with E-state index in [1.807, 2.05) is 0 Å². The summed E-state index contributed by atoms with van der Waals surface area (Å²) in [5, 5.41) is 9.53. The highest BCUT2D eigenvalue weighted by Gasteiger charge is 2.15. The van der Waals surface area contributed by atoms with Gasteiger partial charge >= 0.3 is 5.97 Å². The highest BCUT2D eigenvalue weighted by molar-refractivity contribution is 7.84. The zero-order valence-electron chi connectivity index (χ0n) is 9.43. The Morgan fingerprint density at radius 1 is 1.21 bits per heavy atom. The van der Waals surface area contributed by atoms with Gasteiger partial charge < -0.3 is 5.11 Å². The molecule has 0 saturated heterocycles. The van der Waals surface area contributed by atoms with E-state index in [-0.39, 0.29) is 10.6 Å². The fourth-order valence-corrected chi connectivity index (χ4v) is 4.65. The Balaban J connectivity index is 2.23. The number of benzene rings is 1. The normalized spacial score (nSPS) is 12.3. The largest absolute Gasteiger partial charge is 0.477 e. The molecule has 0 fully saturated rings. The molecule has 1 heterocycles. The lowest BCUT2D eigenvalue weighted by Gasteiger charge is -2.05. The Labute approximate surface area is 126 Å². The van der Waals surface area contributed by atoms with E-state index in [9.17, 15) is 9.00 Å². The highest BCUT2D eigenvalue weighted by Crippen LogP contribution is 2.30. The van der Waals surface area contributed by atoms with E-state index in [1.54, 1.807) is 24.3 Å². The lowest BCUT2D eigenvalue weighted by atomic mass is 10.4. The van der Waals surface area contributed by atoms with Crippen LogP contribution in [0.5, 0.6) is 0 Å². The van der Waals surface area contributed by atoms with Crippen LogP contribution in [0.25, 0.3) is 0 Å². The Morgan fingerprint density at radius 3 is 2.37 bits per heavy atom. The predicted molar refractivity (Wildman–Crippen MR) is 77.9 cm³/mol. The smallest absolute Gasteiger partial charge is 0.345 e. The standard InChI is InChI=1S/C12H8Cl2O3S2/c13-8-2-1-3-9(14)11(8)19(17)6-7-4-5-10(18-7)12(15)16/h1-5H,6H2,(H,15,16). The third kappa shape index (κ3) is 3.36. The molecule has 100 valence electrons. The molecule has 0 aliphatic heterocycles. The van der Waals surface area contributed by atoms with Gasteiger partial charge in [0.25, 0.3) is 0 Å². The van der Waals surface area contributed by atoms with Gasteiger partial charge in [0.15, 0.2) is 0 Å². The van der Waals surface area contributed by atoms with Crippen molar-refractivity contribution >= 4 is 51.3 Å². The zero-order chi connectivity index (χ0) is 14.0. The molecule has 0 aliphatic rings. The topological polar surface area (TPSA) is 54.4 Å². The minimum absolute atomic E-state index is 0.196. The summed E-state index contributed by atoms with van der Waals surface area (Å²) in [5.74, 6) is -0.792. The van der Waals surface area contributed by atoms with Crippen LogP contribution in [0, 0.1) is 0 Å². The van der Waals surface area contributed by atoms with E-state index in [2.05, 4.69) is 0 Å². The molecule has 19 heavy (non-hydrogen) atoms. The number of carboxylic acid groups (broad SMARTS) is 1.